The predicted octanol–water partition coefficient (Wildman–Crippen LogP) is 4.14. The van der Waals surface area contributed by atoms with Gasteiger partial charge in [-0.15, -0.1) is 0 Å². The number of hydrogen-bond acceptors (Lipinski definition) is 1. The molecule has 0 N–H and O–H groups in total. The molecule has 1 radical (unpaired) electrons. The number of fused-ring (bicyclic) bond motifs is 3. The van der Waals surface area contributed by atoms with Gasteiger partial charge in [0.15, 0.2) is 0 Å². The molecule has 1 nitrogen and oxygen atoms in total. The van der Waals surface area contributed by atoms with Gasteiger partial charge in [-0.05, 0) is 29.5 Å². The van der Waals surface area contributed by atoms with E-state index in [1.165, 1.54) is 16.3 Å². The minimum Gasteiger partial charge on any atom is -0.256 e. The van der Waals surface area contributed by atoms with Crippen molar-refractivity contribution in [1.29, 1.82) is 0 Å². The molecular formula is C16H14N. The number of aromatic nitrogens is 1. The van der Waals surface area contributed by atoms with Crippen molar-refractivity contribution in [1.82, 2.24) is 4.98 Å². The Bertz CT molecular complexity index is 670. The summed E-state index contributed by atoms with van der Waals surface area (Å²) in [6, 6.07) is 16.1. The Labute approximate surface area is 101 Å². The highest BCUT2D eigenvalue weighted by Crippen LogP contribution is 2.24. The van der Waals surface area contributed by atoms with Gasteiger partial charge in [-0.3, -0.25) is 4.98 Å². The lowest BCUT2D eigenvalue weighted by Crippen LogP contribution is -1.87. The number of rotatable bonds is 2. The van der Waals surface area contributed by atoms with Crippen molar-refractivity contribution in [2.45, 2.75) is 19.8 Å². The van der Waals surface area contributed by atoms with Crippen LogP contribution in [-0.4, -0.2) is 4.98 Å². The highest BCUT2D eigenvalue weighted by Gasteiger charge is 2.02. The molecule has 1 heterocycles. The van der Waals surface area contributed by atoms with E-state index in [9.17, 15) is 0 Å². The van der Waals surface area contributed by atoms with E-state index in [-0.39, 0.29) is 0 Å². The maximum absolute atomic E-state index is 4.48. The second kappa shape index (κ2) is 4.17. The molecule has 1 heteroatoms. The Kier molecular flexibility index (Phi) is 2.52. The molecule has 0 aliphatic heterocycles. The van der Waals surface area contributed by atoms with Gasteiger partial charge >= 0.3 is 0 Å². The van der Waals surface area contributed by atoms with Crippen LogP contribution in [0.1, 0.15) is 18.9 Å². The molecule has 0 aliphatic carbocycles. The maximum atomic E-state index is 4.48. The lowest BCUT2D eigenvalue weighted by molar-refractivity contribution is 0.922. The van der Waals surface area contributed by atoms with Crippen molar-refractivity contribution in [2.24, 2.45) is 0 Å². The van der Waals surface area contributed by atoms with E-state index in [2.05, 4.69) is 48.3 Å². The van der Waals surface area contributed by atoms with Gasteiger partial charge in [-0.2, -0.15) is 0 Å². The quantitative estimate of drug-likeness (QED) is 0.591. The van der Waals surface area contributed by atoms with Crippen LogP contribution >= 0.6 is 0 Å². The standard InChI is InChI=1S/C16H14N/c1-2-5-12-8-9-16-15(10-12)14-7-4-3-6-13(14)11-17-16/h3-4,6-9,11H,2,5H2,1H3. The third-order valence-corrected chi connectivity index (χ3v) is 3.08. The van der Waals surface area contributed by atoms with E-state index < -0.39 is 0 Å². The number of nitrogens with zero attached hydrogens (tertiary/aromatic N) is 1. The Morgan fingerprint density at radius 2 is 2.00 bits per heavy atom. The zero-order chi connectivity index (χ0) is 11.7. The zero-order valence-electron chi connectivity index (χ0n) is 9.90. The van der Waals surface area contributed by atoms with Gasteiger partial charge in [0.05, 0.1) is 5.52 Å². The highest BCUT2D eigenvalue weighted by atomic mass is 14.6. The van der Waals surface area contributed by atoms with Crippen LogP contribution in [0.4, 0.5) is 0 Å². The third-order valence-electron chi connectivity index (χ3n) is 3.08. The van der Waals surface area contributed by atoms with Crippen LogP contribution in [0, 0.1) is 6.07 Å². The van der Waals surface area contributed by atoms with Gasteiger partial charge in [-0.25, -0.2) is 0 Å². The fraction of sp³-hybridized carbons (Fsp3) is 0.188. The molecular weight excluding hydrogens is 206 g/mol. The van der Waals surface area contributed by atoms with Crippen LogP contribution in [0.2, 0.25) is 0 Å². The Balaban J connectivity index is 2.34. The van der Waals surface area contributed by atoms with Crippen LogP contribution in [-0.2, 0) is 6.42 Å². The fourth-order valence-corrected chi connectivity index (χ4v) is 2.23. The summed E-state index contributed by atoms with van der Waals surface area (Å²) in [4.78, 5) is 4.48. The summed E-state index contributed by atoms with van der Waals surface area (Å²) in [7, 11) is 0. The number of pyridine rings is 1. The van der Waals surface area contributed by atoms with Crippen molar-refractivity contribution in [3.63, 3.8) is 0 Å². The fourth-order valence-electron chi connectivity index (χ4n) is 2.23. The van der Waals surface area contributed by atoms with Crippen molar-refractivity contribution in [3.8, 4) is 0 Å². The summed E-state index contributed by atoms with van der Waals surface area (Å²) < 4.78 is 0. The highest BCUT2D eigenvalue weighted by molar-refractivity contribution is 6.05. The number of aryl methyl sites for hydroxylation is 1. The second-order valence-electron chi connectivity index (χ2n) is 4.34. The van der Waals surface area contributed by atoms with E-state index >= 15 is 0 Å². The lowest BCUT2D eigenvalue weighted by Gasteiger charge is -2.04. The summed E-state index contributed by atoms with van der Waals surface area (Å²) in [5.41, 5.74) is 2.31. The smallest absolute Gasteiger partial charge is 0.0714 e. The molecule has 1 aromatic heterocycles. The maximum Gasteiger partial charge on any atom is 0.0714 e. The van der Waals surface area contributed by atoms with Crippen LogP contribution in [0.5, 0.6) is 0 Å². The summed E-state index contributed by atoms with van der Waals surface area (Å²) >= 11 is 0. The Hall–Kier alpha value is -1.89. The molecule has 0 fully saturated rings. The minimum atomic E-state index is 1.03. The average Bonchev–Trinajstić information content (AvgIpc) is 2.39. The summed E-state index contributed by atoms with van der Waals surface area (Å²) in [5.74, 6) is 0. The summed E-state index contributed by atoms with van der Waals surface area (Å²) in [6.07, 6.45) is 4.17. The predicted molar refractivity (Wildman–Crippen MR) is 72.1 cm³/mol. The van der Waals surface area contributed by atoms with Crippen molar-refractivity contribution in [2.75, 3.05) is 0 Å². The first-order valence-corrected chi connectivity index (χ1v) is 6.07. The van der Waals surface area contributed by atoms with E-state index in [0.29, 0.717) is 0 Å². The van der Waals surface area contributed by atoms with Gasteiger partial charge in [0.1, 0.15) is 0 Å². The van der Waals surface area contributed by atoms with E-state index in [1.54, 1.807) is 0 Å². The first-order chi connectivity index (χ1) is 8.38. The molecule has 0 aliphatic rings. The largest absolute Gasteiger partial charge is 0.256 e. The molecule has 3 rings (SSSR count). The SMILES string of the molecule is CCCc1[c]c2c(cc1)ncc1ccccc12. The first kappa shape index (κ1) is 10.3. The van der Waals surface area contributed by atoms with Gasteiger partial charge in [0.2, 0.25) is 0 Å². The van der Waals surface area contributed by atoms with E-state index in [4.69, 9.17) is 0 Å². The molecule has 0 amide bonds. The van der Waals surface area contributed by atoms with Gasteiger partial charge in [0, 0.05) is 17.0 Å². The topological polar surface area (TPSA) is 12.9 Å². The van der Waals surface area contributed by atoms with Crippen molar-refractivity contribution >= 4 is 21.7 Å². The monoisotopic (exact) mass is 220 g/mol. The van der Waals surface area contributed by atoms with Crippen LogP contribution < -0.4 is 0 Å². The number of hydrogen-bond donors (Lipinski definition) is 0. The van der Waals surface area contributed by atoms with Crippen LogP contribution in [0.3, 0.4) is 0 Å². The van der Waals surface area contributed by atoms with Crippen molar-refractivity contribution in [3.05, 3.63) is 54.2 Å². The number of benzene rings is 2. The van der Waals surface area contributed by atoms with E-state index in [0.717, 1.165) is 23.7 Å². The molecule has 0 spiro atoms. The first-order valence-electron chi connectivity index (χ1n) is 6.07. The molecule has 2 aromatic carbocycles. The second-order valence-corrected chi connectivity index (χ2v) is 4.34. The van der Waals surface area contributed by atoms with Gasteiger partial charge < -0.3 is 0 Å². The normalized spacial score (nSPS) is 11.1. The molecule has 3 aromatic rings. The molecule has 17 heavy (non-hydrogen) atoms. The van der Waals surface area contributed by atoms with Crippen LogP contribution in [0.15, 0.2) is 42.6 Å². The van der Waals surface area contributed by atoms with Crippen LogP contribution in [0.25, 0.3) is 21.7 Å². The molecule has 0 saturated carbocycles. The molecule has 0 unspecified atom stereocenters. The van der Waals surface area contributed by atoms with Crippen molar-refractivity contribution < 1.29 is 0 Å². The Morgan fingerprint density at radius 1 is 1.12 bits per heavy atom. The zero-order valence-corrected chi connectivity index (χ0v) is 9.90. The Morgan fingerprint density at radius 3 is 2.88 bits per heavy atom. The average molecular weight is 220 g/mol. The third kappa shape index (κ3) is 1.78. The lowest BCUT2D eigenvalue weighted by atomic mass is 10.0. The molecule has 0 bridgehead atoms. The summed E-state index contributed by atoms with van der Waals surface area (Å²) in [5, 5.41) is 3.58. The molecule has 83 valence electrons. The summed E-state index contributed by atoms with van der Waals surface area (Å²) in [6.45, 7) is 2.19. The van der Waals surface area contributed by atoms with Gasteiger partial charge in [0.25, 0.3) is 0 Å². The molecule has 0 saturated heterocycles. The van der Waals surface area contributed by atoms with Gasteiger partial charge in [-0.1, -0.05) is 43.7 Å². The minimum absolute atomic E-state index is 1.03. The van der Waals surface area contributed by atoms with E-state index in [1.807, 2.05) is 12.3 Å². The molecule has 0 atom stereocenters.